The topological polar surface area (TPSA) is 66.4 Å². The molecule has 0 heterocycles. The van der Waals surface area contributed by atoms with Crippen LogP contribution >= 0.6 is 0 Å². The van der Waals surface area contributed by atoms with E-state index < -0.39 is 21.4 Å². The predicted molar refractivity (Wildman–Crippen MR) is 71.9 cm³/mol. The van der Waals surface area contributed by atoms with Crippen LogP contribution in [0.1, 0.15) is 32.3 Å². The summed E-state index contributed by atoms with van der Waals surface area (Å²) in [7, 11) is -3.95. The summed E-state index contributed by atoms with van der Waals surface area (Å²) in [6, 6.07) is 3.89. The van der Waals surface area contributed by atoms with Gasteiger partial charge in [0.1, 0.15) is 10.7 Å². The molecule has 1 aromatic rings. The van der Waals surface area contributed by atoms with Crippen LogP contribution < -0.4 is 4.72 Å². The summed E-state index contributed by atoms with van der Waals surface area (Å²) in [6.07, 6.45) is 1.19. The van der Waals surface area contributed by atoms with E-state index in [0.29, 0.717) is 12.0 Å². The summed E-state index contributed by atoms with van der Waals surface area (Å²) >= 11 is 0. The number of halogens is 1. The van der Waals surface area contributed by atoms with Crippen molar-refractivity contribution in [3.8, 4) is 0 Å². The van der Waals surface area contributed by atoms with Crippen LogP contribution in [0.4, 0.5) is 4.39 Å². The van der Waals surface area contributed by atoms with E-state index in [1.165, 1.54) is 12.1 Å². The van der Waals surface area contributed by atoms with Crippen molar-refractivity contribution in [1.29, 1.82) is 0 Å². The normalized spacial score (nSPS) is 15.2. The first-order valence-corrected chi connectivity index (χ1v) is 7.64. The van der Waals surface area contributed by atoms with E-state index in [0.717, 1.165) is 12.5 Å². The summed E-state index contributed by atoms with van der Waals surface area (Å²) in [5.74, 6) is -0.798. The molecule has 1 unspecified atom stereocenters. The zero-order valence-electron chi connectivity index (χ0n) is 11.4. The molecule has 2 N–H and O–H groups in total. The highest BCUT2D eigenvalue weighted by molar-refractivity contribution is 7.89. The van der Waals surface area contributed by atoms with E-state index in [1.54, 1.807) is 13.8 Å². The van der Waals surface area contributed by atoms with Gasteiger partial charge in [-0.3, -0.25) is 0 Å². The molecule has 0 aromatic heterocycles. The Balaban J connectivity index is 2.90. The van der Waals surface area contributed by atoms with Crippen LogP contribution in [-0.4, -0.2) is 25.7 Å². The number of hydrogen-bond donors (Lipinski definition) is 2. The average molecular weight is 289 g/mol. The van der Waals surface area contributed by atoms with Gasteiger partial charge >= 0.3 is 0 Å². The van der Waals surface area contributed by atoms with Crippen molar-refractivity contribution in [2.45, 2.75) is 44.1 Å². The smallest absolute Gasteiger partial charge is 0.243 e. The molecular formula is C13H20FNO3S. The molecule has 0 saturated carbocycles. The minimum atomic E-state index is -3.95. The van der Waals surface area contributed by atoms with Crippen LogP contribution in [0.5, 0.6) is 0 Å². The lowest BCUT2D eigenvalue weighted by molar-refractivity contribution is 0.0554. The van der Waals surface area contributed by atoms with Gasteiger partial charge in [-0.2, -0.15) is 0 Å². The zero-order chi connectivity index (χ0) is 14.7. The number of benzene rings is 1. The molecule has 1 aromatic carbocycles. The predicted octanol–water partition coefficient (Wildman–Crippen LogP) is 1.96. The Morgan fingerprint density at radius 3 is 2.63 bits per heavy atom. The second-order valence-electron chi connectivity index (χ2n) is 5.01. The third-order valence-electron chi connectivity index (χ3n) is 2.81. The van der Waals surface area contributed by atoms with E-state index in [-0.39, 0.29) is 11.4 Å². The first kappa shape index (κ1) is 16.1. The lowest BCUT2D eigenvalue weighted by atomic mass is 10.0. The third-order valence-corrected chi connectivity index (χ3v) is 4.22. The van der Waals surface area contributed by atoms with Gasteiger partial charge < -0.3 is 5.11 Å². The molecule has 108 valence electrons. The van der Waals surface area contributed by atoms with Gasteiger partial charge in [0, 0.05) is 6.54 Å². The second-order valence-corrected chi connectivity index (χ2v) is 6.74. The van der Waals surface area contributed by atoms with Crippen molar-refractivity contribution in [3.63, 3.8) is 0 Å². The van der Waals surface area contributed by atoms with Crippen LogP contribution in [0.25, 0.3) is 0 Å². The maximum atomic E-state index is 13.6. The van der Waals surface area contributed by atoms with Gasteiger partial charge in [-0.15, -0.1) is 0 Å². The number of rotatable bonds is 6. The molecule has 0 bridgehead atoms. The van der Waals surface area contributed by atoms with Crippen LogP contribution in [-0.2, 0) is 10.0 Å². The molecule has 0 aliphatic rings. The fraction of sp³-hybridized carbons (Fsp3) is 0.538. The monoisotopic (exact) mass is 289 g/mol. The van der Waals surface area contributed by atoms with Crippen molar-refractivity contribution in [3.05, 3.63) is 29.6 Å². The molecule has 0 fully saturated rings. The van der Waals surface area contributed by atoms with Gasteiger partial charge in [0.25, 0.3) is 0 Å². The first-order valence-electron chi connectivity index (χ1n) is 6.16. The molecule has 0 aliphatic carbocycles. The van der Waals surface area contributed by atoms with E-state index in [4.69, 9.17) is 0 Å². The maximum absolute atomic E-state index is 13.6. The van der Waals surface area contributed by atoms with Crippen molar-refractivity contribution in [2.75, 3.05) is 6.54 Å². The van der Waals surface area contributed by atoms with Crippen LogP contribution in [0.3, 0.4) is 0 Å². The van der Waals surface area contributed by atoms with Gasteiger partial charge in [-0.25, -0.2) is 17.5 Å². The van der Waals surface area contributed by atoms with Crippen LogP contribution in [0.2, 0.25) is 0 Å². The number of hydrogen-bond acceptors (Lipinski definition) is 3. The highest BCUT2D eigenvalue weighted by atomic mass is 32.2. The van der Waals surface area contributed by atoms with E-state index in [2.05, 4.69) is 4.72 Å². The van der Waals surface area contributed by atoms with Crippen LogP contribution in [0, 0.1) is 12.7 Å². The van der Waals surface area contributed by atoms with E-state index >= 15 is 0 Å². The summed E-state index contributed by atoms with van der Waals surface area (Å²) < 4.78 is 39.8. The molecule has 0 radical (unpaired) electrons. The maximum Gasteiger partial charge on any atom is 0.243 e. The fourth-order valence-corrected chi connectivity index (χ4v) is 3.09. The number of aryl methyl sites for hydroxylation is 1. The Morgan fingerprint density at radius 2 is 2.05 bits per heavy atom. The summed E-state index contributed by atoms with van der Waals surface area (Å²) in [5, 5.41) is 9.93. The molecule has 19 heavy (non-hydrogen) atoms. The molecule has 4 nitrogen and oxygen atoms in total. The van der Waals surface area contributed by atoms with Gasteiger partial charge in [-0.1, -0.05) is 19.4 Å². The quantitative estimate of drug-likeness (QED) is 0.841. The van der Waals surface area contributed by atoms with Crippen molar-refractivity contribution >= 4 is 10.0 Å². The van der Waals surface area contributed by atoms with Gasteiger partial charge in [-0.05, 0) is 38.0 Å². The molecule has 0 spiro atoms. The first-order chi connectivity index (χ1) is 8.68. The number of nitrogens with one attached hydrogen (secondary N) is 1. The molecule has 6 heteroatoms. The highest BCUT2D eigenvalue weighted by Gasteiger charge is 2.25. The lowest BCUT2D eigenvalue weighted by Gasteiger charge is -2.23. The molecular weight excluding hydrogens is 269 g/mol. The standard InChI is InChI=1S/C13H20FNO3S/c1-4-7-13(3,16)9-15-19(17,18)12-8-10(2)5-6-11(12)14/h5-6,8,15-16H,4,7,9H2,1-3H3. The van der Waals surface area contributed by atoms with Crippen molar-refractivity contribution in [1.82, 2.24) is 4.72 Å². The highest BCUT2D eigenvalue weighted by Crippen LogP contribution is 2.17. The molecule has 1 atom stereocenters. The minimum Gasteiger partial charge on any atom is -0.389 e. The largest absolute Gasteiger partial charge is 0.389 e. The SMILES string of the molecule is CCCC(C)(O)CNS(=O)(=O)c1cc(C)ccc1F. The molecule has 0 amide bonds. The molecule has 1 rings (SSSR count). The van der Waals surface area contributed by atoms with Gasteiger partial charge in [0.15, 0.2) is 0 Å². The third kappa shape index (κ3) is 4.56. The van der Waals surface area contributed by atoms with E-state index in [1.807, 2.05) is 6.92 Å². The summed E-state index contributed by atoms with van der Waals surface area (Å²) in [4.78, 5) is -0.389. The lowest BCUT2D eigenvalue weighted by Crippen LogP contribution is -2.40. The Bertz CT molecular complexity index is 541. The zero-order valence-corrected chi connectivity index (χ0v) is 12.2. The van der Waals surface area contributed by atoms with Crippen molar-refractivity contribution in [2.24, 2.45) is 0 Å². The second kappa shape index (κ2) is 5.98. The Kier molecular flexibility index (Phi) is 5.06. The van der Waals surface area contributed by atoms with Crippen molar-refractivity contribution < 1.29 is 17.9 Å². The van der Waals surface area contributed by atoms with Gasteiger partial charge in [0.2, 0.25) is 10.0 Å². The van der Waals surface area contributed by atoms with E-state index in [9.17, 15) is 17.9 Å². The summed E-state index contributed by atoms with van der Waals surface area (Å²) in [5.41, 5.74) is -0.482. The number of aliphatic hydroxyl groups is 1. The number of sulfonamides is 1. The molecule has 0 aliphatic heterocycles. The molecule has 0 saturated heterocycles. The minimum absolute atomic E-state index is 0.142. The van der Waals surface area contributed by atoms with Crippen LogP contribution in [0.15, 0.2) is 23.1 Å². The Labute approximate surface area is 113 Å². The Morgan fingerprint density at radius 1 is 1.42 bits per heavy atom. The fourth-order valence-electron chi connectivity index (χ4n) is 1.77. The summed E-state index contributed by atoms with van der Waals surface area (Å²) in [6.45, 7) is 4.98. The average Bonchev–Trinajstić information content (AvgIpc) is 2.30. The Hall–Kier alpha value is -0.980. The van der Waals surface area contributed by atoms with Gasteiger partial charge in [0.05, 0.1) is 5.60 Å².